The van der Waals surface area contributed by atoms with Gasteiger partial charge in [-0.05, 0) is 45.6 Å². The van der Waals surface area contributed by atoms with Gasteiger partial charge in [-0.2, -0.15) is 0 Å². The Hall–Kier alpha value is -1.16. The van der Waals surface area contributed by atoms with E-state index in [2.05, 4.69) is 27.5 Å². The second-order valence-corrected chi connectivity index (χ2v) is 5.22. The first-order valence-electron chi connectivity index (χ1n) is 6.65. The summed E-state index contributed by atoms with van der Waals surface area (Å²) in [5.41, 5.74) is 2.61. The van der Waals surface area contributed by atoms with Crippen LogP contribution in [-0.4, -0.2) is 28.6 Å². The average Bonchev–Trinajstić information content (AvgIpc) is 2.78. The molecule has 2 aliphatic rings. The predicted molar refractivity (Wildman–Crippen MR) is 68.2 cm³/mol. The summed E-state index contributed by atoms with van der Waals surface area (Å²) in [6, 6.07) is 1.17. The zero-order valence-corrected chi connectivity index (χ0v) is 10.4. The van der Waals surface area contributed by atoms with E-state index >= 15 is 0 Å². The highest BCUT2D eigenvalue weighted by molar-refractivity contribution is 5.48. The minimum absolute atomic E-state index is 0.561. The molecule has 0 spiro atoms. The smallest absolute Gasteiger partial charge is 0.133 e. The maximum atomic E-state index is 4.43. The fourth-order valence-corrected chi connectivity index (χ4v) is 2.94. The summed E-state index contributed by atoms with van der Waals surface area (Å²) in [5, 5.41) is 7.10. The number of piperidine rings is 1. The summed E-state index contributed by atoms with van der Waals surface area (Å²) in [4.78, 5) is 8.79. The van der Waals surface area contributed by atoms with Gasteiger partial charge in [0.2, 0.25) is 0 Å². The van der Waals surface area contributed by atoms with E-state index < -0.39 is 0 Å². The number of nitrogens with one attached hydrogen (secondary N) is 2. The molecule has 0 bridgehead atoms. The number of anilines is 1. The summed E-state index contributed by atoms with van der Waals surface area (Å²) in [5.74, 6) is 1.09. The quantitative estimate of drug-likeness (QED) is 0.811. The van der Waals surface area contributed by atoms with Gasteiger partial charge in [0.1, 0.15) is 12.1 Å². The first-order valence-corrected chi connectivity index (χ1v) is 6.65. The Morgan fingerprint density at radius 1 is 1.35 bits per heavy atom. The highest BCUT2D eigenvalue weighted by Gasteiger charge is 2.22. The van der Waals surface area contributed by atoms with Crippen LogP contribution in [0.4, 0.5) is 5.82 Å². The van der Waals surface area contributed by atoms with E-state index in [4.69, 9.17) is 0 Å². The number of aromatic nitrogens is 2. The van der Waals surface area contributed by atoms with Crippen LogP contribution < -0.4 is 10.6 Å². The predicted octanol–water partition coefficient (Wildman–Crippen LogP) is 1.52. The molecule has 0 amide bonds. The molecular formula is C13H20N4. The molecule has 1 aromatic heterocycles. The number of fused-ring (bicyclic) bond motifs is 1. The Bertz CT molecular complexity index is 404. The SMILES string of the molecule is CC1CC(Nc2ncnc3c2CCC3)CCN1. The number of hydrogen-bond acceptors (Lipinski definition) is 4. The van der Waals surface area contributed by atoms with E-state index in [1.165, 1.54) is 30.5 Å². The molecule has 4 nitrogen and oxygen atoms in total. The van der Waals surface area contributed by atoms with Crippen molar-refractivity contribution < 1.29 is 0 Å². The van der Waals surface area contributed by atoms with Crippen LogP contribution in [0.25, 0.3) is 0 Å². The standard InChI is InChI=1S/C13H20N4/c1-9-7-10(5-6-14-9)17-13-11-3-2-4-12(11)15-8-16-13/h8-10,14H,2-7H2,1H3,(H,15,16,17). The zero-order chi connectivity index (χ0) is 11.7. The van der Waals surface area contributed by atoms with Crippen molar-refractivity contribution >= 4 is 5.82 Å². The summed E-state index contributed by atoms with van der Waals surface area (Å²) in [6.07, 6.45) is 7.55. The van der Waals surface area contributed by atoms with Crippen molar-refractivity contribution in [1.82, 2.24) is 15.3 Å². The second kappa shape index (κ2) is 4.61. The molecule has 2 atom stereocenters. The third-order valence-electron chi connectivity index (χ3n) is 3.84. The Morgan fingerprint density at radius 3 is 3.18 bits per heavy atom. The molecule has 4 heteroatoms. The lowest BCUT2D eigenvalue weighted by Crippen LogP contribution is -2.41. The summed E-state index contributed by atoms with van der Waals surface area (Å²) in [6.45, 7) is 3.35. The maximum absolute atomic E-state index is 4.43. The largest absolute Gasteiger partial charge is 0.367 e. The van der Waals surface area contributed by atoms with Crippen molar-refractivity contribution in [2.45, 2.75) is 51.1 Å². The lowest BCUT2D eigenvalue weighted by molar-refractivity contribution is 0.395. The van der Waals surface area contributed by atoms with E-state index in [-0.39, 0.29) is 0 Å². The number of nitrogens with zero attached hydrogens (tertiary/aromatic N) is 2. The van der Waals surface area contributed by atoms with Crippen molar-refractivity contribution in [2.75, 3.05) is 11.9 Å². The molecule has 1 aliphatic carbocycles. The van der Waals surface area contributed by atoms with Gasteiger partial charge >= 0.3 is 0 Å². The zero-order valence-electron chi connectivity index (χ0n) is 10.4. The molecular weight excluding hydrogens is 212 g/mol. The molecule has 2 N–H and O–H groups in total. The number of hydrogen-bond donors (Lipinski definition) is 2. The van der Waals surface area contributed by atoms with Crippen molar-refractivity contribution in [3.8, 4) is 0 Å². The third-order valence-corrected chi connectivity index (χ3v) is 3.84. The Kier molecular flexibility index (Phi) is 2.97. The monoisotopic (exact) mass is 232 g/mol. The van der Waals surface area contributed by atoms with E-state index in [0.717, 1.165) is 25.2 Å². The van der Waals surface area contributed by atoms with Gasteiger partial charge < -0.3 is 10.6 Å². The normalized spacial score (nSPS) is 27.8. The van der Waals surface area contributed by atoms with Crippen LogP contribution in [0.1, 0.15) is 37.4 Å². The van der Waals surface area contributed by atoms with Gasteiger partial charge in [0.15, 0.2) is 0 Å². The minimum Gasteiger partial charge on any atom is -0.367 e. The first kappa shape index (κ1) is 11.0. The molecule has 0 saturated carbocycles. The Morgan fingerprint density at radius 2 is 2.29 bits per heavy atom. The second-order valence-electron chi connectivity index (χ2n) is 5.22. The number of rotatable bonds is 2. The topological polar surface area (TPSA) is 49.8 Å². The Labute approximate surface area is 102 Å². The van der Waals surface area contributed by atoms with Crippen LogP contribution in [0.15, 0.2) is 6.33 Å². The van der Waals surface area contributed by atoms with Gasteiger partial charge in [-0.25, -0.2) is 9.97 Å². The molecule has 2 unspecified atom stereocenters. The average molecular weight is 232 g/mol. The molecule has 3 rings (SSSR count). The fourth-order valence-electron chi connectivity index (χ4n) is 2.94. The first-order chi connectivity index (χ1) is 8.33. The van der Waals surface area contributed by atoms with Gasteiger partial charge in [0.25, 0.3) is 0 Å². The Balaban J connectivity index is 1.74. The van der Waals surface area contributed by atoms with Crippen LogP contribution >= 0.6 is 0 Å². The highest BCUT2D eigenvalue weighted by atomic mass is 15.1. The summed E-state index contributed by atoms with van der Waals surface area (Å²) < 4.78 is 0. The molecule has 0 radical (unpaired) electrons. The van der Waals surface area contributed by atoms with Crippen molar-refractivity contribution in [3.05, 3.63) is 17.6 Å². The van der Waals surface area contributed by atoms with Crippen LogP contribution in [-0.2, 0) is 12.8 Å². The highest BCUT2D eigenvalue weighted by Crippen LogP contribution is 2.26. The van der Waals surface area contributed by atoms with Gasteiger partial charge in [-0.1, -0.05) is 0 Å². The van der Waals surface area contributed by atoms with Crippen molar-refractivity contribution in [2.24, 2.45) is 0 Å². The molecule has 1 fully saturated rings. The summed E-state index contributed by atoms with van der Waals surface area (Å²) in [7, 11) is 0. The van der Waals surface area contributed by atoms with Gasteiger partial charge in [0, 0.05) is 23.3 Å². The van der Waals surface area contributed by atoms with E-state index in [1.54, 1.807) is 6.33 Å². The van der Waals surface area contributed by atoms with Crippen LogP contribution in [0.3, 0.4) is 0 Å². The molecule has 1 saturated heterocycles. The van der Waals surface area contributed by atoms with Crippen molar-refractivity contribution in [1.29, 1.82) is 0 Å². The molecule has 1 aromatic rings. The molecule has 2 heterocycles. The van der Waals surface area contributed by atoms with Crippen LogP contribution in [0.5, 0.6) is 0 Å². The minimum atomic E-state index is 0.561. The maximum Gasteiger partial charge on any atom is 0.133 e. The van der Waals surface area contributed by atoms with E-state index in [1.807, 2.05) is 0 Å². The van der Waals surface area contributed by atoms with Crippen molar-refractivity contribution in [3.63, 3.8) is 0 Å². The van der Waals surface area contributed by atoms with Gasteiger partial charge in [-0.3, -0.25) is 0 Å². The van der Waals surface area contributed by atoms with Crippen LogP contribution in [0.2, 0.25) is 0 Å². The van der Waals surface area contributed by atoms with Gasteiger partial charge in [-0.15, -0.1) is 0 Å². The molecule has 92 valence electrons. The number of aryl methyl sites for hydroxylation is 1. The fraction of sp³-hybridized carbons (Fsp3) is 0.692. The molecule has 17 heavy (non-hydrogen) atoms. The lowest BCUT2D eigenvalue weighted by atomic mass is 10.0. The third kappa shape index (κ3) is 2.27. The summed E-state index contributed by atoms with van der Waals surface area (Å²) >= 11 is 0. The lowest BCUT2D eigenvalue weighted by Gasteiger charge is -2.29. The van der Waals surface area contributed by atoms with E-state index in [0.29, 0.717) is 12.1 Å². The van der Waals surface area contributed by atoms with E-state index in [9.17, 15) is 0 Å². The molecule has 0 aromatic carbocycles. The molecule has 1 aliphatic heterocycles. The van der Waals surface area contributed by atoms with Crippen LogP contribution in [0, 0.1) is 0 Å². The van der Waals surface area contributed by atoms with Gasteiger partial charge in [0.05, 0.1) is 0 Å².